The number of nitrogens with two attached hydrogens (primary N) is 2. The van der Waals surface area contributed by atoms with Gasteiger partial charge in [-0.3, -0.25) is 0 Å². The molecule has 5 nitrogen and oxygen atoms in total. The fourth-order valence-corrected chi connectivity index (χ4v) is 4.02. The number of primary sulfonamides is 1. The maximum absolute atomic E-state index is 11.4. The molecule has 6 heteroatoms. The number of benzene rings is 1. The highest BCUT2D eigenvalue weighted by Gasteiger charge is 2.39. The predicted octanol–water partition coefficient (Wildman–Crippen LogP) is 0.793. The summed E-state index contributed by atoms with van der Waals surface area (Å²) in [5.74, 6) is 0. The van der Waals surface area contributed by atoms with Crippen LogP contribution in [0.1, 0.15) is 25.7 Å². The fraction of sp³-hybridized carbons (Fsp3) is 0.538. The van der Waals surface area contributed by atoms with E-state index in [-0.39, 0.29) is 10.9 Å². The minimum absolute atomic E-state index is 0.180. The maximum Gasteiger partial charge on any atom is 0.238 e. The molecule has 1 aromatic carbocycles. The van der Waals surface area contributed by atoms with E-state index in [1.165, 1.54) is 6.07 Å². The van der Waals surface area contributed by atoms with Crippen LogP contribution < -0.4 is 15.8 Å². The van der Waals surface area contributed by atoms with Gasteiger partial charge in [0.1, 0.15) is 0 Å². The van der Waals surface area contributed by atoms with E-state index in [9.17, 15) is 8.42 Å². The molecule has 19 heavy (non-hydrogen) atoms. The van der Waals surface area contributed by atoms with Crippen molar-refractivity contribution in [2.24, 2.45) is 10.9 Å². The summed E-state index contributed by atoms with van der Waals surface area (Å²) < 4.78 is 22.9. The lowest BCUT2D eigenvalue weighted by Gasteiger charge is -2.39. The third-order valence-electron chi connectivity index (χ3n) is 4.21. The van der Waals surface area contributed by atoms with Gasteiger partial charge < -0.3 is 10.6 Å². The van der Waals surface area contributed by atoms with Gasteiger partial charge in [-0.1, -0.05) is 6.07 Å². The lowest BCUT2D eigenvalue weighted by atomic mass is 9.97. The minimum Gasteiger partial charge on any atom is -0.365 e. The summed E-state index contributed by atoms with van der Waals surface area (Å²) in [6.07, 6.45) is 4.24. The SMILES string of the molecule is NC1CC2CCC(C1)N2c1cccc(S(N)(=O)=O)c1. The van der Waals surface area contributed by atoms with E-state index in [2.05, 4.69) is 4.90 Å². The molecule has 0 amide bonds. The third kappa shape index (κ3) is 2.35. The Balaban J connectivity index is 1.95. The van der Waals surface area contributed by atoms with E-state index >= 15 is 0 Å². The molecule has 0 saturated carbocycles. The molecule has 0 aromatic heterocycles. The first kappa shape index (κ1) is 12.9. The molecule has 2 bridgehead atoms. The van der Waals surface area contributed by atoms with E-state index in [0.29, 0.717) is 12.1 Å². The topological polar surface area (TPSA) is 89.4 Å². The third-order valence-corrected chi connectivity index (χ3v) is 5.12. The van der Waals surface area contributed by atoms with Crippen LogP contribution in [0.15, 0.2) is 29.2 Å². The van der Waals surface area contributed by atoms with Gasteiger partial charge in [0, 0.05) is 23.8 Å². The largest absolute Gasteiger partial charge is 0.365 e. The van der Waals surface area contributed by atoms with E-state index in [4.69, 9.17) is 10.9 Å². The first-order valence-electron chi connectivity index (χ1n) is 6.62. The lowest BCUT2D eigenvalue weighted by Crippen LogP contribution is -2.47. The molecule has 0 aliphatic carbocycles. The van der Waals surface area contributed by atoms with Crippen LogP contribution in [0.25, 0.3) is 0 Å². The van der Waals surface area contributed by atoms with Crippen LogP contribution in [-0.2, 0) is 10.0 Å². The number of nitrogens with zero attached hydrogens (tertiary/aromatic N) is 1. The minimum atomic E-state index is -3.64. The molecule has 2 fully saturated rings. The quantitative estimate of drug-likeness (QED) is 0.839. The molecular weight excluding hydrogens is 262 g/mol. The molecule has 2 aliphatic heterocycles. The van der Waals surface area contributed by atoms with Gasteiger partial charge in [0.2, 0.25) is 10.0 Å². The zero-order valence-corrected chi connectivity index (χ0v) is 11.5. The summed E-state index contributed by atoms with van der Waals surface area (Å²) in [7, 11) is -3.64. The summed E-state index contributed by atoms with van der Waals surface area (Å²) in [4.78, 5) is 2.51. The molecule has 2 heterocycles. The highest BCUT2D eigenvalue weighted by molar-refractivity contribution is 7.89. The van der Waals surface area contributed by atoms with Crippen molar-refractivity contribution in [1.82, 2.24) is 0 Å². The van der Waals surface area contributed by atoms with Crippen LogP contribution in [0.3, 0.4) is 0 Å². The number of rotatable bonds is 2. The highest BCUT2D eigenvalue weighted by Crippen LogP contribution is 2.39. The summed E-state index contributed by atoms with van der Waals surface area (Å²) in [5.41, 5.74) is 7.00. The molecule has 2 saturated heterocycles. The van der Waals surface area contributed by atoms with E-state index in [1.807, 2.05) is 6.07 Å². The Morgan fingerprint density at radius 1 is 1.16 bits per heavy atom. The first-order valence-corrected chi connectivity index (χ1v) is 8.16. The van der Waals surface area contributed by atoms with Gasteiger partial charge in [-0.25, -0.2) is 13.6 Å². The second-order valence-electron chi connectivity index (χ2n) is 5.57. The number of fused-ring (bicyclic) bond motifs is 2. The van der Waals surface area contributed by atoms with Gasteiger partial charge >= 0.3 is 0 Å². The molecule has 2 unspecified atom stereocenters. The Morgan fingerprint density at radius 3 is 2.37 bits per heavy atom. The molecule has 2 aliphatic rings. The molecule has 0 radical (unpaired) electrons. The average molecular weight is 281 g/mol. The fourth-order valence-electron chi connectivity index (χ4n) is 3.46. The smallest absolute Gasteiger partial charge is 0.238 e. The van der Waals surface area contributed by atoms with Crippen molar-refractivity contribution in [1.29, 1.82) is 0 Å². The highest BCUT2D eigenvalue weighted by atomic mass is 32.2. The van der Waals surface area contributed by atoms with Crippen LogP contribution in [-0.4, -0.2) is 26.5 Å². The summed E-state index contributed by atoms with van der Waals surface area (Å²) in [5, 5.41) is 5.20. The molecule has 3 rings (SSSR count). The van der Waals surface area contributed by atoms with Crippen LogP contribution in [0.5, 0.6) is 0 Å². The Labute approximate surface area is 113 Å². The van der Waals surface area contributed by atoms with Crippen molar-refractivity contribution >= 4 is 15.7 Å². The number of hydrogen-bond donors (Lipinski definition) is 2. The first-order chi connectivity index (χ1) is 8.95. The van der Waals surface area contributed by atoms with Crippen LogP contribution in [0.2, 0.25) is 0 Å². The van der Waals surface area contributed by atoms with Crippen molar-refractivity contribution in [3.8, 4) is 0 Å². The van der Waals surface area contributed by atoms with E-state index < -0.39 is 10.0 Å². The molecule has 2 atom stereocenters. The van der Waals surface area contributed by atoms with E-state index in [0.717, 1.165) is 31.4 Å². The number of anilines is 1. The van der Waals surface area contributed by atoms with Gasteiger partial charge in [-0.05, 0) is 43.9 Å². The zero-order valence-electron chi connectivity index (χ0n) is 10.7. The zero-order chi connectivity index (χ0) is 13.6. The Hall–Kier alpha value is -1.11. The van der Waals surface area contributed by atoms with Crippen molar-refractivity contribution in [2.75, 3.05) is 4.90 Å². The molecule has 0 spiro atoms. The maximum atomic E-state index is 11.4. The van der Waals surface area contributed by atoms with Gasteiger partial charge in [0.25, 0.3) is 0 Å². The average Bonchev–Trinajstić information content (AvgIpc) is 2.61. The summed E-state index contributed by atoms with van der Waals surface area (Å²) in [6, 6.07) is 8.07. The normalized spacial score (nSPS) is 30.6. The standard InChI is InChI=1S/C13H19N3O2S/c14-9-6-11-4-5-12(7-9)16(11)10-2-1-3-13(8-10)19(15,17)18/h1-3,8-9,11-12H,4-7,14H2,(H2,15,17,18). The second kappa shape index (κ2) is 4.47. The molecule has 1 aromatic rings. The number of sulfonamides is 1. The van der Waals surface area contributed by atoms with Crippen LogP contribution in [0.4, 0.5) is 5.69 Å². The van der Waals surface area contributed by atoms with Gasteiger partial charge in [0.15, 0.2) is 0 Å². The Bertz CT molecular complexity index is 573. The predicted molar refractivity (Wildman–Crippen MR) is 74.3 cm³/mol. The van der Waals surface area contributed by atoms with Crippen molar-refractivity contribution in [3.05, 3.63) is 24.3 Å². The molecule has 104 valence electrons. The molecule has 4 N–H and O–H groups in total. The van der Waals surface area contributed by atoms with Gasteiger partial charge in [-0.2, -0.15) is 0 Å². The van der Waals surface area contributed by atoms with E-state index in [1.54, 1.807) is 12.1 Å². The van der Waals surface area contributed by atoms with Crippen molar-refractivity contribution in [3.63, 3.8) is 0 Å². The summed E-state index contributed by atoms with van der Waals surface area (Å²) >= 11 is 0. The summed E-state index contributed by atoms with van der Waals surface area (Å²) in [6.45, 7) is 0. The second-order valence-corrected chi connectivity index (χ2v) is 7.13. The van der Waals surface area contributed by atoms with Gasteiger partial charge in [-0.15, -0.1) is 0 Å². The molecular formula is C13H19N3O2S. The van der Waals surface area contributed by atoms with Gasteiger partial charge in [0.05, 0.1) is 4.90 Å². The number of piperidine rings is 1. The number of hydrogen-bond acceptors (Lipinski definition) is 4. The lowest BCUT2D eigenvalue weighted by molar-refractivity contribution is 0.414. The monoisotopic (exact) mass is 281 g/mol. The Kier molecular flexibility index (Phi) is 3.03. The Morgan fingerprint density at radius 2 is 1.79 bits per heavy atom. The van der Waals surface area contributed by atoms with Crippen molar-refractivity contribution < 1.29 is 8.42 Å². The van der Waals surface area contributed by atoms with Crippen LogP contribution in [0, 0.1) is 0 Å². The van der Waals surface area contributed by atoms with Crippen LogP contribution >= 0.6 is 0 Å². The van der Waals surface area contributed by atoms with Crippen molar-refractivity contribution in [2.45, 2.75) is 48.7 Å².